The quantitative estimate of drug-likeness (QED) is 0.505. The molecule has 0 saturated carbocycles. The molecule has 11 heteroatoms. The van der Waals surface area contributed by atoms with Gasteiger partial charge in [-0.1, -0.05) is 18.0 Å². The number of methoxy groups -OCH3 is 1. The highest BCUT2D eigenvalue weighted by Crippen LogP contribution is 2.32. The van der Waals surface area contributed by atoms with E-state index in [-0.39, 0.29) is 38.6 Å². The van der Waals surface area contributed by atoms with Crippen molar-refractivity contribution in [2.24, 2.45) is 0 Å². The van der Waals surface area contributed by atoms with Gasteiger partial charge in [-0.15, -0.1) is 0 Å². The Labute approximate surface area is 185 Å². The summed E-state index contributed by atoms with van der Waals surface area (Å²) in [6, 6.07) is 7.81. The van der Waals surface area contributed by atoms with Crippen LogP contribution in [0.25, 0.3) is 0 Å². The number of carbonyl (C=O) groups is 1. The average Bonchev–Trinajstić information content (AvgIpc) is 2.74. The Morgan fingerprint density at radius 3 is 2.65 bits per heavy atom. The molecule has 0 aliphatic carbocycles. The van der Waals surface area contributed by atoms with Crippen LogP contribution in [0.5, 0.6) is 5.75 Å². The molecule has 1 fully saturated rings. The zero-order valence-electron chi connectivity index (χ0n) is 17.0. The van der Waals surface area contributed by atoms with Crippen molar-refractivity contribution in [2.45, 2.75) is 37.1 Å². The molecule has 166 valence electrons. The summed E-state index contributed by atoms with van der Waals surface area (Å²) in [7, 11) is -2.52. The maximum absolute atomic E-state index is 13.3. The van der Waals surface area contributed by atoms with Crippen molar-refractivity contribution in [3.05, 3.63) is 57.1 Å². The summed E-state index contributed by atoms with van der Waals surface area (Å²) in [5, 5.41) is 13.5. The first kappa shape index (κ1) is 23.0. The molecule has 0 spiro atoms. The van der Waals surface area contributed by atoms with E-state index in [2.05, 4.69) is 5.32 Å². The van der Waals surface area contributed by atoms with E-state index >= 15 is 0 Å². The fourth-order valence-electron chi connectivity index (χ4n) is 3.51. The number of benzene rings is 2. The lowest BCUT2D eigenvalue weighted by molar-refractivity contribution is -0.384. The standard InChI is InChI=1S/C20H22ClN3O6S/c1-13-5-3-4-10-23(13)31(28,29)19-11-14(6-9-18(19)30-2)20(25)22-15-7-8-16(21)17(12-15)24(26)27/h6-9,11-13H,3-5,10H2,1-2H3,(H,22,25). The van der Waals surface area contributed by atoms with Gasteiger partial charge in [0.2, 0.25) is 10.0 Å². The molecule has 1 unspecified atom stereocenters. The molecular formula is C20H22ClN3O6S. The molecule has 0 radical (unpaired) electrons. The molecule has 1 atom stereocenters. The highest BCUT2D eigenvalue weighted by atomic mass is 35.5. The number of sulfonamides is 1. The van der Waals surface area contributed by atoms with Crippen LogP contribution in [0.15, 0.2) is 41.3 Å². The SMILES string of the molecule is COc1ccc(C(=O)Nc2ccc(Cl)c([N+](=O)[O-])c2)cc1S(=O)(=O)N1CCCCC1C. The minimum atomic E-state index is -3.88. The Hall–Kier alpha value is -2.69. The average molecular weight is 468 g/mol. The molecule has 31 heavy (non-hydrogen) atoms. The summed E-state index contributed by atoms with van der Waals surface area (Å²) in [4.78, 5) is 23.0. The van der Waals surface area contributed by atoms with Gasteiger partial charge in [0.05, 0.1) is 12.0 Å². The Morgan fingerprint density at radius 1 is 1.26 bits per heavy atom. The summed E-state index contributed by atoms with van der Waals surface area (Å²) >= 11 is 5.80. The van der Waals surface area contributed by atoms with E-state index in [1.807, 2.05) is 6.92 Å². The van der Waals surface area contributed by atoms with Gasteiger partial charge in [0.25, 0.3) is 11.6 Å². The number of piperidine rings is 1. The van der Waals surface area contributed by atoms with E-state index < -0.39 is 20.9 Å². The van der Waals surface area contributed by atoms with Crippen LogP contribution in [0.3, 0.4) is 0 Å². The number of nitrogens with zero attached hydrogens (tertiary/aromatic N) is 2. The fourth-order valence-corrected chi connectivity index (χ4v) is 5.58. The minimum Gasteiger partial charge on any atom is -0.495 e. The Kier molecular flexibility index (Phi) is 6.83. The molecule has 1 heterocycles. The normalized spacial score (nSPS) is 17.2. The van der Waals surface area contributed by atoms with Crippen LogP contribution in [-0.2, 0) is 10.0 Å². The number of rotatable bonds is 6. The maximum atomic E-state index is 13.3. The molecule has 1 amide bonds. The molecular weight excluding hydrogens is 446 g/mol. The number of nitro groups is 1. The van der Waals surface area contributed by atoms with Crippen molar-refractivity contribution in [1.29, 1.82) is 0 Å². The number of nitrogens with one attached hydrogen (secondary N) is 1. The van der Waals surface area contributed by atoms with E-state index in [4.69, 9.17) is 16.3 Å². The molecule has 3 rings (SSSR count). The lowest BCUT2D eigenvalue weighted by atomic mass is 10.1. The highest BCUT2D eigenvalue weighted by molar-refractivity contribution is 7.89. The first-order valence-electron chi connectivity index (χ1n) is 9.60. The molecule has 9 nitrogen and oxygen atoms in total. The summed E-state index contributed by atoms with van der Waals surface area (Å²) in [6.45, 7) is 2.25. The van der Waals surface area contributed by atoms with Gasteiger partial charge in [0.1, 0.15) is 15.7 Å². The molecule has 0 bridgehead atoms. The zero-order chi connectivity index (χ0) is 22.8. The van der Waals surface area contributed by atoms with Gasteiger partial charge in [-0.25, -0.2) is 8.42 Å². The summed E-state index contributed by atoms with van der Waals surface area (Å²) < 4.78 is 33.3. The van der Waals surface area contributed by atoms with Crippen molar-refractivity contribution < 1.29 is 22.9 Å². The van der Waals surface area contributed by atoms with E-state index in [0.29, 0.717) is 6.54 Å². The number of nitro benzene ring substituents is 1. The first-order valence-corrected chi connectivity index (χ1v) is 11.4. The molecule has 2 aromatic carbocycles. The van der Waals surface area contributed by atoms with Crippen LogP contribution in [0.2, 0.25) is 5.02 Å². The molecule has 1 N–H and O–H groups in total. The van der Waals surface area contributed by atoms with E-state index in [1.54, 1.807) is 0 Å². The van der Waals surface area contributed by atoms with Gasteiger partial charge < -0.3 is 10.1 Å². The van der Waals surface area contributed by atoms with Crippen molar-refractivity contribution in [3.8, 4) is 5.75 Å². The monoisotopic (exact) mass is 467 g/mol. The highest BCUT2D eigenvalue weighted by Gasteiger charge is 2.33. The van der Waals surface area contributed by atoms with Gasteiger partial charge >= 0.3 is 0 Å². The van der Waals surface area contributed by atoms with E-state index in [9.17, 15) is 23.3 Å². The third kappa shape index (κ3) is 4.81. The second-order valence-electron chi connectivity index (χ2n) is 7.20. The fraction of sp³-hybridized carbons (Fsp3) is 0.350. The number of halogens is 1. The lowest BCUT2D eigenvalue weighted by Gasteiger charge is -2.32. The zero-order valence-corrected chi connectivity index (χ0v) is 18.6. The van der Waals surface area contributed by atoms with Crippen LogP contribution in [0, 0.1) is 10.1 Å². The number of hydrogen-bond acceptors (Lipinski definition) is 6. The largest absolute Gasteiger partial charge is 0.495 e. The van der Waals surface area contributed by atoms with Crippen LogP contribution >= 0.6 is 11.6 Å². The Bertz CT molecular complexity index is 1120. The topological polar surface area (TPSA) is 119 Å². The van der Waals surface area contributed by atoms with Crippen molar-refractivity contribution in [2.75, 3.05) is 19.0 Å². The molecule has 1 aliphatic heterocycles. The number of ether oxygens (including phenoxy) is 1. The van der Waals surface area contributed by atoms with Crippen LogP contribution in [-0.4, -0.2) is 43.2 Å². The second-order valence-corrected chi connectivity index (χ2v) is 9.47. The number of amides is 1. The summed E-state index contributed by atoms with van der Waals surface area (Å²) in [5.74, 6) is -0.487. The predicted octanol–water partition coefficient (Wildman–Crippen LogP) is 4.07. The number of anilines is 1. The lowest BCUT2D eigenvalue weighted by Crippen LogP contribution is -2.42. The van der Waals surface area contributed by atoms with E-state index in [1.165, 1.54) is 41.7 Å². The molecule has 1 saturated heterocycles. The van der Waals surface area contributed by atoms with Gasteiger partial charge in [0, 0.05) is 29.9 Å². The van der Waals surface area contributed by atoms with Gasteiger partial charge in [0.15, 0.2) is 0 Å². The first-order chi connectivity index (χ1) is 14.6. The van der Waals surface area contributed by atoms with Crippen LogP contribution in [0.4, 0.5) is 11.4 Å². The van der Waals surface area contributed by atoms with Crippen LogP contribution in [0.1, 0.15) is 36.5 Å². The second kappa shape index (κ2) is 9.21. The summed E-state index contributed by atoms with van der Waals surface area (Å²) in [5.41, 5.74) is -0.121. The summed E-state index contributed by atoms with van der Waals surface area (Å²) in [6.07, 6.45) is 2.48. The van der Waals surface area contributed by atoms with Crippen molar-refractivity contribution >= 4 is 38.9 Å². The van der Waals surface area contributed by atoms with Crippen molar-refractivity contribution in [1.82, 2.24) is 4.31 Å². The van der Waals surface area contributed by atoms with Gasteiger partial charge in [-0.05, 0) is 50.1 Å². The third-order valence-corrected chi connectivity index (χ3v) is 7.51. The molecule has 1 aliphatic rings. The molecule has 0 aromatic heterocycles. The number of hydrogen-bond donors (Lipinski definition) is 1. The maximum Gasteiger partial charge on any atom is 0.289 e. The minimum absolute atomic E-state index is 0.0588. The van der Waals surface area contributed by atoms with Gasteiger partial charge in [-0.2, -0.15) is 4.31 Å². The Balaban J connectivity index is 1.94. The van der Waals surface area contributed by atoms with Crippen LogP contribution < -0.4 is 10.1 Å². The Morgan fingerprint density at radius 2 is 2.00 bits per heavy atom. The number of carbonyl (C=O) groups excluding carboxylic acids is 1. The molecule has 2 aromatic rings. The van der Waals surface area contributed by atoms with Gasteiger partial charge in [-0.3, -0.25) is 14.9 Å². The third-order valence-electron chi connectivity index (χ3n) is 5.16. The predicted molar refractivity (Wildman–Crippen MR) is 116 cm³/mol. The van der Waals surface area contributed by atoms with Crippen molar-refractivity contribution in [3.63, 3.8) is 0 Å². The van der Waals surface area contributed by atoms with E-state index in [0.717, 1.165) is 25.3 Å². The smallest absolute Gasteiger partial charge is 0.289 e.